The number of hydrogen-bond donors (Lipinski definition) is 1. The van der Waals surface area contributed by atoms with Gasteiger partial charge in [-0.2, -0.15) is 0 Å². The molecular formula is C18H17FN2OS. The first kappa shape index (κ1) is 15.5. The van der Waals surface area contributed by atoms with E-state index >= 15 is 0 Å². The summed E-state index contributed by atoms with van der Waals surface area (Å²) in [5.41, 5.74) is 0.785. The Morgan fingerprint density at radius 3 is 2.70 bits per heavy atom. The number of nitrogens with zero attached hydrogens (tertiary/aromatic N) is 1. The second-order valence-electron chi connectivity index (χ2n) is 5.26. The quantitative estimate of drug-likeness (QED) is 0.729. The molecule has 1 unspecified atom stereocenters. The lowest BCUT2D eigenvalue weighted by Gasteiger charge is -2.19. The summed E-state index contributed by atoms with van der Waals surface area (Å²) < 4.78 is 15.5. The largest absolute Gasteiger partial charge is 0.351 e. The van der Waals surface area contributed by atoms with Crippen LogP contribution in [0.15, 0.2) is 66.3 Å². The van der Waals surface area contributed by atoms with Crippen molar-refractivity contribution >= 4 is 17.2 Å². The molecule has 1 N–H and O–H groups in total. The van der Waals surface area contributed by atoms with Gasteiger partial charge in [0, 0.05) is 17.3 Å². The maximum Gasteiger partial charge on any atom is 0.222 e. The number of hydrogen-bond acceptors (Lipinski definition) is 2. The van der Waals surface area contributed by atoms with Crippen LogP contribution in [0.3, 0.4) is 0 Å². The molecule has 3 nitrogen and oxygen atoms in total. The number of halogens is 1. The fraction of sp³-hybridized carbons (Fsp3) is 0.167. The summed E-state index contributed by atoms with van der Waals surface area (Å²) in [5.74, 6) is -0.347. The van der Waals surface area contributed by atoms with E-state index in [1.54, 1.807) is 17.4 Å². The molecule has 5 heteroatoms. The van der Waals surface area contributed by atoms with Gasteiger partial charge in [0.05, 0.1) is 19.0 Å². The molecule has 1 atom stereocenters. The fourth-order valence-electron chi connectivity index (χ4n) is 2.51. The van der Waals surface area contributed by atoms with Crippen molar-refractivity contribution in [2.24, 2.45) is 0 Å². The molecule has 2 heterocycles. The highest BCUT2D eigenvalue weighted by Crippen LogP contribution is 2.23. The van der Waals surface area contributed by atoms with Crippen LogP contribution in [0.4, 0.5) is 4.39 Å². The number of benzene rings is 1. The van der Waals surface area contributed by atoms with Gasteiger partial charge in [0.1, 0.15) is 5.82 Å². The molecule has 0 aliphatic heterocycles. The molecule has 0 radical (unpaired) electrons. The third-order valence-corrected chi connectivity index (χ3v) is 4.52. The Morgan fingerprint density at radius 2 is 2.00 bits per heavy atom. The Bertz CT molecular complexity index is 753. The van der Waals surface area contributed by atoms with Crippen molar-refractivity contribution in [1.29, 1.82) is 0 Å². The summed E-state index contributed by atoms with van der Waals surface area (Å²) in [6.07, 6.45) is 4.05. The van der Waals surface area contributed by atoms with E-state index in [1.807, 2.05) is 52.7 Å². The van der Waals surface area contributed by atoms with Crippen molar-refractivity contribution in [3.8, 4) is 0 Å². The molecule has 2 aromatic heterocycles. The molecule has 0 aliphatic carbocycles. The third kappa shape index (κ3) is 4.07. The number of thiophene rings is 1. The van der Waals surface area contributed by atoms with Gasteiger partial charge in [-0.3, -0.25) is 4.79 Å². The molecule has 0 fully saturated rings. The zero-order valence-corrected chi connectivity index (χ0v) is 13.3. The van der Waals surface area contributed by atoms with Gasteiger partial charge in [-0.1, -0.05) is 18.2 Å². The van der Waals surface area contributed by atoms with E-state index in [-0.39, 0.29) is 24.2 Å². The molecular weight excluding hydrogens is 311 g/mol. The van der Waals surface area contributed by atoms with E-state index in [4.69, 9.17) is 0 Å². The molecule has 3 aromatic rings. The highest BCUT2D eigenvalue weighted by molar-refractivity contribution is 7.09. The van der Waals surface area contributed by atoms with Gasteiger partial charge < -0.3 is 9.88 Å². The summed E-state index contributed by atoms with van der Waals surface area (Å²) in [7, 11) is 0. The van der Waals surface area contributed by atoms with E-state index < -0.39 is 0 Å². The number of aromatic nitrogens is 1. The highest BCUT2D eigenvalue weighted by Gasteiger charge is 2.17. The number of rotatable bonds is 6. The van der Waals surface area contributed by atoms with E-state index in [2.05, 4.69) is 5.32 Å². The monoisotopic (exact) mass is 328 g/mol. The number of amides is 1. The van der Waals surface area contributed by atoms with Gasteiger partial charge >= 0.3 is 0 Å². The second kappa shape index (κ2) is 7.24. The number of nitrogens with one attached hydrogen (secondary N) is 1. The first-order valence-electron chi connectivity index (χ1n) is 7.39. The van der Waals surface area contributed by atoms with Crippen LogP contribution in [0.2, 0.25) is 0 Å². The van der Waals surface area contributed by atoms with Crippen molar-refractivity contribution in [3.63, 3.8) is 0 Å². The molecule has 0 saturated heterocycles. The summed E-state index contributed by atoms with van der Waals surface area (Å²) >= 11 is 1.61. The number of carbonyl (C=O) groups is 1. The van der Waals surface area contributed by atoms with Gasteiger partial charge in [0.2, 0.25) is 5.91 Å². The summed E-state index contributed by atoms with van der Waals surface area (Å²) in [6, 6.07) is 13.9. The zero-order valence-electron chi connectivity index (χ0n) is 12.5. The fourth-order valence-corrected chi connectivity index (χ4v) is 3.16. The van der Waals surface area contributed by atoms with E-state index in [0.717, 1.165) is 10.4 Å². The van der Waals surface area contributed by atoms with Crippen LogP contribution < -0.4 is 5.32 Å². The van der Waals surface area contributed by atoms with E-state index in [0.29, 0.717) is 6.54 Å². The summed E-state index contributed by atoms with van der Waals surface area (Å²) in [4.78, 5) is 13.4. The molecule has 0 spiro atoms. The predicted molar refractivity (Wildman–Crippen MR) is 89.8 cm³/mol. The van der Waals surface area contributed by atoms with Crippen LogP contribution in [0.1, 0.15) is 22.9 Å². The van der Waals surface area contributed by atoms with Gasteiger partial charge in [-0.25, -0.2) is 4.39 Å². The predicted octanol–water partition coefficient (Wildman–Crippen LogP) is 3.98. The van der Waals surface area contributed by atoms with Gasteiger partial charge in [0.15, 0.2) is 0 Å². The molecule has 1 amide bonds. The second-order valence-corrected chi connectivity index (χ2v) is 6.29. The maximum absolute atomic E-state index is 13.5. The van der Waals surface area contributed by atoms with Crippen LogP contribution in [0, 0.1) is 5.82 Å². The normalized spacial score (nSPS) is 12.0. The minimum Gasteiger partial charge on any atom is -0.351 e. The lowest BCUT2D eigenvalue weighted by Crippen LogP contribution is -2.26. The lowest BCUT2D eigenvalue weighted by molar-refractivity contribution is -0.121. The zero-order chi connectivity index (χ0) is 16.1. The van der Waals surface area contributed by atoms with Gasteiger partial charge in [-0.05, 0) is 41.3 Å². The minimum atomic E-state index is -0.293. The Morgan fingerprint density at radius 1 is 1.17 bits per heavy atom. The van der Waals surface area contributed by atoms with Crippen LogP contribution in [0.25, 0.3) is 0 Å². The molecule has 0 bridgehead atoms. The average molecular weight is 328 g/mol. The Balaban J connectivity index is 1.72. The standard InChI is InChI=1S/C18H17FN2OS/c19-15-6-3-5-14(11-15)17(21-8-1-2-9-21)12-18(22)20-13-16-7-4-10-23-16/h1-11,17H,12-13H2,(H,20,22). The smallest absolute Gasteiger partial charge is 0.222 e. The van der Waals surface area contributed by atoms with Crippen LogP contribution >= 0.6 is 11.3 Å². The van der Waals surface area contributed by atoms with E-state index in [1.165, 1.54) is 12.1 Å². The molecule has 118 valence electrons. The molecule has 0 saturated carbocycles. The molecule has 1 aromatic carbocycles. The van der Waals surface area contributed by atoms with Crippen molar-refractivity contribution in [1.82, 2.24) is 9.88 Å². The van der Waals surface area contributed by atoms with Crippen LogP contribution in [-0.4, -0.2) is 10.5 Å². The van der Waals surface area contributed by atoms with Crippen LogP contribution in [0.5, 0.6) is 0 Å². The van der Waals surface area contributed by atoms with Crippen LogP contribution in [-0.2, 0) is 11.3 Å². The molecule has 0 aliphatic rings. The van der Waals surface area contributed by atoms with Crippen molar-refractivity contribution in [3.05, 3.63) is 82.6 Å². The highest BCUT2D eigenvalue weighted by atomic mass is 32.1. The molecule has 23 heavy (non-hydrogen) atoms. The minimum absolute atomic E-state index is 0.0543. The van der Waals surface area contributed by atoms with Crippen molar-refractivity contribution in [2.75, 3.05) is 0 Å². The first-order valence-corrected chi connectivity index (χ1v) is 8.27. The van der Waals surface area contributed by atoms with Crippen molar-refractivity contribution < 1.29 is 9.18 Å². The topological polar surface area (TPSA) is 34.0 Å². The number of carbonyl (C=O) groups excluding carboxylic acids is 1. The Kier molecular flexibility index (Phi) is 4.88. The maximum atomic E-state index is 13.5. The van der Waals surface area contributed by atoms with Gasteiger partial charge in [-0.15, -0.1) is 11.3 Å². The summed E-state index contributed by atoms with van der Waals surface area (Å²) in [5, 5.41) is 4.91. The van der Waals surface area contributed by atoms with E-state index in [9.17, 15) is 9.18 Å². The Labute approximate surface area is 138 Å². The average Bonchev–Trinajstić information content (AvgIpc) is 3.24. The summed E-state index contributed by atoms with van der Waals surface area (Å²) in [6.45, 7) is 0.526. The van der Waals surface area contributed by atoms with Gasteiger partial charge in [0.25, 0.3) is 0 Å². The van der Waals surface area contributed by atoms with Crippen molar-refractivity contribution in [2.45, 2.75) is 19.0 Å². The molecule has 3 rings (SSSR count). The first-order chi connectivity index (χ1) is 11.2. The SMILES string of the molecule is O=C(CC(c1cccc(F)c1)n1cccc1)NCc1cccs1. The third-order valence-electron chi connectivity index (χ3n) is 3.64. The lowest BCUT2D eigenvalue weighted by atomic mass is 10.0. The Hall–Kier alpha value is -2.40.